The van der Waals surface area contributed by atoms with Crippen molar-refractivity contribution in [2.45, 2.75) is 18.8 Å². The minimum atomic E-state index is -0.665. The van der Waals surface area contributed by atoms with Gasteiger partial charge in [0.1, 0.15) is 5.75 Å². The average Bonchev–Trinajstić information content (AvgIpc) is 3.37. The largest absolute Gasteiger partial charge is 0.508 e. The van der Waals surface area contributed by atoms with Gasteiger partial charge < -0.3 is 5.11 Å². The van der Waals surface area contributed by atoms with Gasteiger partial charge in [0, 0.05) is 13.1 Å². The summed E-state index contributed by atoms with van der Waals surface area (Å²) in [6.45, 7) is 0. The number of halogens is 2. The predicted octanol–water partition coefficient (Wildman–Crippen LogP) is 5.65. The van der Waals surface area contributed by atoms with Crippen LogP contribution in [-0.2, 0) is 19.2 Å². The average molecular weight is 770 g/mol. The number of fused-ring (bicyclic) bond motifs is 4. The highest BCUT2D eigenvalue weighted by Crippen LogP contribution is 2.58. The molecule has 3 fully saturated rings. The van der Waals surface area contributed by atoms with E-state index in [1.165, 1.54) is 9.80 Å². The number of carbonyl (C=O) groups excluding carboxylic acids is 4. The highest BCUT2D eigenvalue weighted by molar-refractivity contribution is 14.1. The number of hydrogen-bond acceptors (Lipinski definition) is 5. The Balaban J connectivity index is 1.33. The van der Waals surface area contributed by atoms with E-state index in [1.54, 1.807) is 42.5 Å². The van der Waals surface area contributed by atoms with Crippen LogP contribution < -0.4 is 9.80 Å². The Morgan fingerprint density at radius 1 is 0.659 bits per heavy atom. The molecular weight excluding hydrogens is 746 g/mol. The Hall–Kier alpha value is -3.06. The number of allylic oxidation sites excluding steroid dienone is 2. The molecule has 1 N–H and O–H groups in total. The number of hydrogen-bond donors (Lipinski definition) is 1. The van der Waals surface area contributed by atoms with Crippen LogP contribution in [0.15, 0.2) is 84.4 Å². The lowest BCUT2D eigenvalue weighted by atomic mass is 9.57. The van der Waals surface area contributed by atoms with Crippen LogP contribution in [-0.4, -0.2) is 28.7 Å². The number of rotatable bonds is 3. The van der Waals surface area contributed by atoms with E-state index < -0.39 is 29.6 Å². The fraction of sp³-hybridized carbons (Fsp3) is 0.250. The summed E-state index contributed by atoms with van der Waals surface area (Å²) in [5, 5.41) is 10.4. The van der Waals surface area contributed by atoms with Crippen molar-refractivity contribution in [2.24, 2.45) is 29.6 Å². The number of imide groups is 2. The third kappa shape index (κ3) is 4.17. The van der Waals surface area contributed by atoms with E-state index in [-0.39, 0.29) is 35.3 Å². The first-order valence-electron chi connectivity index (χ1n) is 13.5. The van der Waals surface area contributed by atoms with E-state index in [2.05, 4.69) is 45.2 Å². The Morgan fingerprint density at radius 3 is 1.80 bits per heavy atom. The molecule has 2 saturated heterocycles. The Labute approximate surface area is 263 Å². The molecule has 4 aliphatic rings. The zero-order valence-electron chi connectivity index (χ0n) is 21.6. The fourth-order valence-electron chi connectivity index (χ4n) is 7.37. The molecule has 7 rings (SSSR count). The molecule has 7 nitrogen and oxygen atoms in total. The van der Waals surface area contributed by atoms with Gasteiger partial charge in [0.2, 0.25) is 23.6 Å². The molecule has 3 aromatic rings. The molecule has 2 heterocycles. The zero-order chi connectivity index (χ0) is 28.6. The summed E-state index contributed by atoms with van der Waals surface area (Å²) in [7, 11) is 0. The minimum absolute atomic E-state index is 0.0683. The molecule has 41 heavy (non-hydrogen) atoms. The monoisotopic (exact) mass is 770 g/mol. The van der Waals surface area contributed by atoms with Crippen LogP contribution in [0.25, 0.3) is 0 Å². The zero-order valence-corrected chi connectivity index (χ0v) is 25.9. The summed E-state index contributed by atoms with van der Waals surface area (Å²) in [5.41, 5.74) is 2.71. The van der Waals surface area contributed by atoms with E-state index in [4.69, 9.17) is 0 Å². The number of amides is 4. The molecule has 4 amide bonds. The molecule has 2 aliphatic carbocycles. The molecule has 0 radical (unpaired) electrons. The van der Waals surface area contributed by atoms with Gasteiger partial charge in [-0.05, 0) is 130 Å². The summed E-state index contributed by atoms with van der Waals surface area (Å²) in [4.78, 5) is 58.3. The van der Waals surface area contributed by atoms with Crippen molar-refractivity contribution in [3.05, 3.63) is 97.1 Å². The summed E-state index contributed by atoms with van der Waals surface area (Å²) < 4.78 is 1.99. The van der Waals surface area contributed by atoms with Crippen molar-refractivity contribution in [3.63, 3.8) is 0 Å². The lowest BCUT2D eigenvalue weighted by molar-refractivity contribution is -0.126. The normalized spacial score (nSPS) is 28.9. The number of phenols is 1. The predicted molar refractivity (Wildman–Crippen MR) is 169 cm³/mol. The molecule has 0 spiro atoms. The van der Waals surface area contributed by atoms with E-state index in [0.717, 1.165) is 18.3 Å². The van der Waals surface area contributed by atoms with Gasteiger partial charge in [-0.25, -0.2) is 0 Å². The van der Waals surface area contributed by atoms with Crippen molar-refractivity contribution in [1.82, 2.24) is 0 Å². The topological polar surface area (TPSA) is 95.0 Å². The third-order valence-electron chi connectivity index (χ3n) is 9.05. The summed E-state index contributed by atoms with van der Waals surface area (Å²) in [6, 6.07) is 21.4. The third-order valence-corrected chi connectivity index (χ3v) is 10.5. The maximum Gasteiger partial charge on any atom is 0.238 e. The highest BCUT2D eigenvalue weighted by atomic mass is 127. The van der Waals surface area contributed by atoms with Gasteiger partial charge in [0.05, 0.1) is 35.0 Å². The van der Waals surface area contributed by atoms with Crippen LogP contribution in [0.3, 0.4) is 0 Å². The van der Waals surface area contributed by atoms with Gasteiger partial charge in [0.25, 0.3) is 0 Å². The SMILES string of the molecule is O=C1[C@H]2[C@H](CC=C3[C@H]2C[C@H]2C(=O)N(c4ccc(I)cc4)C(=O)[C@H]2[C@H]3c2cccc(O)c2)C(=O)N1c1ccc(I)cc1. The lowest BCUT2D eigenvalue weighted by Gasteiger charge is -2.44. The first-order valence-corrected chi connectivity index (χ1v) is 15.7. The molecule has 206 valence electrons. The number of benzene rings is 3. The quantitative estimate of drug-likeness (QED) is 0.211. The highest BCUT2D eigenvalue weighted by Gasteiger charge is 2.62. The van der Waals surface area contributed by atoms with Crippen LogP contribution >= 0.6 is 45.2 Å². The van der Waals surface area contributed by atoms with E-state index in [0.29, 0.717) is 24.2 Å². The van der Waals surface area contributed by atoms with Crippen molar-refractivity contribution in [1.29, 1.82) is 0 Å². The van der Waals surface area contributed by atoms with Crippen LogP contribution in [0, 0.1) is 36.7 Å². The second-order valence-electron chi connectivity index (χ2n) is 11.1. The van der Waals surface area contributed by atoms with E-state index in [1.807, 2.05) is 36.4 Å². The molecule has 0 unspecified atom stereocenters. The second-order valence-corrected chi connectivity index (χ2v) is 13.6. The van der Waals surface area contributed by atoms with Gasteiger partial charge in [0.15, 0.2) is 0 Å². The smallest absolute Gasteiger partial charge is 0.238 e. The molecule has 0 bridgehead atoms. The van der Waals surface area contributed by atoms with Crippen LogP contribution in [0.4, 0.5) is 11.4 Å². The number of nitrogens with zero attached hydrogens (tertiary/aromatic N) is 2. The van der Waals surface area contributed by atoms with Gasteiger partial charge in [-0.1, -0.05) is 23.8 Å². The maximum absolute atomic E-state index is 14.1. The van der Waals surface area contributed by atoms with E-state index in [9.17, 15) is 24.3 Å². The van der Waals surface area contributed by atoms with Gasteiger partial charge >= 0.3 is 0 Å². The number of phenolic OH excluding ortho intramolecular Hbond substituents is 1. The number of carbonyl (C=O) groups is 4. The van der Waals surface area contributed by atoms with Gasteiger partial charge in [-0.15, -0.1) is 0 Å². The molecule has 3 aromatic carbocycles. The summed E-state index contributed by atoms with van der Waals surface area (Å²) in [5.74, 6) is -4.27. The van der Waals surface area contributed by atoms with Crippen molar-refractivity contribution in [3.8, 4) is 5.75 Å². The van der Waals surface area contributed by atoms with Crippen LogP contribution in [0.5, 0.6) is 5.75 Å². The Morgan fingerprint density at radius 2 is 1.22 bits per heavy atom. The van der Waals surface area contributed by atoms with Crippen molar-refractivity contribution >= 4 is 80.2 Å². The molecule has 2 aliphatic heterocycles. The fourth-order valence-corrected chi connectivity index (χ4v) is 8.09. The van der Waals surface area contributed by atoms with Crippen molar-refractivity contribution < 1.29 is 24.3 Å². The Kier molecular flexibility index (Phi) is 6.57. The first kappa shape index (κ1) is 26.8. The molecule has 0 aromatic heterocycles. The number of aromatic hydroxyl groups is 1. The second kappa shape index (κ2) is 10.0. The van der Waals surface area contributed by atoms with E-state index >= 15 is 0 Å². The van der Waals surface area contributed by atoms with Crippen LogP contribution in [0.1, 0.15) is 24.3 Å². The number of anilines is 2. The molecular formula is C32H24I2N2O5. The summed E-state index contributed by atoms with van der Waals surface area (Å²) in [6.07, 6.45) is 2.72. The Bertz CT molecular complexity index is 1650. The van der Waals surface area contributed by atoms with Gasteiger partial charge in [-0.2, -0.15) is 0 Å². The van der Waals surface area contributed by atoms with Crippen molar-refractivity contribution in [2.75, 3.05) is 9.80 Å². The maximum atomic E-state index is 14.1. The standard InChI is InChI=1S/C32H24I2N2O5/c33-17-4-8-19(9-5-17)35-29(38)23-13-12-22-24(27(23)31(35)40)15-25-28(26(22)16-2-1-3-21(37)14-16)32(41)36(30(25)39)20-10-6-18(34)7-11-20/h1-12,14,23-28,37H,13,15H2/t23-,24+,25+,26-,27-,28+/m0/s1. The molecule has 1 saturated carbocycles. The first-order chi connectivity index (χ1) is 19.7. The van der Waals surface area contributed by atoms with Crippen LogP contribution in [0.2, 0.25) is 0 Å². The summed E-state index contributed by atoms with van der Waals surface area (Å²) >= 11 is 4.37. The molecule has 9 heteroatoms. The minimum Gasteiger partial charge on any atom is -0.508 e. The lowest BCUT2D eigenvalue weighted by Crippen LogP contribution is -2.43. The van der Waals surface area contributed by atoms with Gasteiger partial charge in [-0.3, -0.25) is 29.0 Å². The molecule has 6 atom stereocenters.